The van der Waals surface area contributed by atoms with E-state index in [1.165, 1.54) is 6.92 Å². The van der Waals surface area contributed by atoms with E-state index in [1.807, 2.05) is 66.7 Å². The molecular weight excluding hydrogens is 583 g/mol. The average molecular weight is 629 g/mol. The van der Waals surface area contributed by atoms with Crippen LogP contribution in [0.2, 0.25) is 0 Å². The van der Waals surface area contributed by atoms with E-state index in [-0.39, 0.29) is 23.3 Å². The molecule has 0 aliphatic heterocycles. The van der Waals surface area contributed by atoms with Gasteiger partial charge in [0.2, 0.25) is 11.8 Å². The molecule has 0 saturated carbocycles. The molecule has 9 heteroatoms. The Morgan fingerprint density at radius 3 is 2.16 bits per heavy atom. The molecule has 2 amide bonds. The zero-order chi connectivity index (χ0) is 28.7. The van der Waals surface area contributed by atoms with Crippen LogP contribution >= 0.6 is 22.9 Å². The van der Waals surface area contributed by atoms with Crippen molar-refractivity contribution in [3.05, 3.63) is 47.0 Å². The minimum absolute atomic E-state index is 0.0205. The summed E-state index contributed by atoms with van der Waals surface area (Å²) in [6, 6.07) is 6.28. The van der Waals surface area contributed by atoms with E-state index in [4.69, 9.17) is 0 Å². The summed E-state index contributed by atoms with van der Waals surface area (Å²) >= 11 is 2.11. The molecule has 0 spiro atoms. The van der Waals surface area contributed by atoms with Crippen LogP contribution in [0.4, 0.5) is 0 Å². The smallest absolute Gasteiger partial charge is 0.331 e. The molecule has 0 aliphatic carbocycles. The van der Waals surface area contributed by atoms with Crippen molar-refractivity contribution in [2.24, 2.45) is 11.3 Å². The average Bonchev–Trinajstić information content (AvgIpc) is 2.79. The molecule has 3 atom stereocenters. The molecule has 1 rings (SSSR count). The molecule has 4 N–H and O–H groups in total. The lowest BCUT2D eigenvalue weighted by Crippen LogP contribution is -2.61. The highest BCUT2D eigenvalue weighted by atomic mass is 127. The molecule has 1 aromatic rings. The van der Waals surface area contributed by atoms with Gasteiger partial charge in [-0.2, -0.15) is 0 Å². The van der Waals surface area contributed by atoms with Crippen molar-refractivity contribution in [2.45, 2.75) is 85.5 Å². The number of amides is 2. The molecule has 208 valence electrons. The van der Waals surface area contributed by atoms with E-state index in [1.54, 1.807) is 25.1 Å². The van der Waals surface area contributed by atoms with Crippen molar-refractivity contribution in [1.82, 2.24) is 19.1 Å². The van der Waals surface area contributed by atoms with Crippen molar-refractivity contribution in [1.29, 1.82) is 0 Å². The number of hydrogen-bond donors (Lipinski definition) is 4. The molecule has 0 heterocycles. The number of nitrogens with one attached hydrogen (secondary N) is 3. The molecule has 0 fully saturated rings. The summed E-state index contributed by atoms with van der Waals surface area (Å²) in [6.45, 7) is 15.9. The number of carbonyl (C=O) groups is 3. The first kappa shape index (κ1) is 33.0. The second kappa shape index (κ2) is 13.7. The maximum atomic E-state index is 13.8. The zero-order valence-electron chi connectivity index (χ0n) is 23.9. The molecule has 37 heavy (non-hydrogen) atoms. The molecule has 0 aliphatic rings. The van der Waals surface area contributed by atoms with Gasteiger partial charge in [-0.15, -0.1) is 0 Å². The van der Waals surface area contributed by atoms with Gasteiger partial charge in [0, 0.05) is 47.4 Å². The molecule has 0 radical (unpaired) electrons. The van der Waals surface area contributed by atoms with E-state index >= 15 is 0 Å². The number of rotatable bonds is 12. The molecule has 0 bridgehead atoms. The highest BCUT2D eigenvalue weighted by Gasteiger charge is 2.41. The van der Waals surface area contributed by atoms with Gasteiger partial charge in [0.1, 0.15) is 6.04 Å². The van der Waals surface area contributed by atoms with Gasteiger partial charge in [-0.05, 0) is 36.4 Å². The lowest BCUT2D eigenvalue weighted by atomic mass is 9.76. The third-order valence-corrected chi connectivity index (χ3v) is 7.23. The Labute approximate surface area is 236 Å². The van der Waals surface area contributed by atoms with Gasteiger partial charge in [-0.25, -0.2) is 4.79 Å². The number of nitrogens with zero attached hydrogens (tertiary/aromatic N) is 1. The molecular formula is C28H45IN4O4. The van der Waals surface area contributed by atoms with E-state index < -0.39 is 34.9 Å². The molecule has 1 unspecified atom stereocenters. The Morgan fingerprint density at radius 2 is 1.70 bits per heavy atom. The number of halogens is 1. The van der Waals surface area contributed by atoms with Crippen LogP contribution in [0.3, 0.4) is 0 Å². The maximum absolute atomic E-state index is 13.8. The van der Waals surface area contributed by atoms with E-state index in [2.05, 4.69) is 43.1 Å². The quantitative estimate of drug-likeness (QED) is 0.158. The predicted octanol–water partition coefficient (Wildman–Crippen LogP) is 4.04. The number of carbonyl (C=O) groups excluding carboxylic acids is 2. The van der Waals surface area contributed by atoms with Gasteiger partial charge < -0.3 is 20.6 Å². The number of aliphatic carboxylic acids is 1. The first-order chi connectivity index (χ1) is 17.0. The fraction of sp³-hybridized carbons (Fsp3) is 0.607. The van der Waals surface area contributed by atoms with Crippen molar-refractivity contribution in [3.8, 4) is 0 Å². The summed E-state index contributed by atoms with van der Waals surface area (Å²) in [4.78, 5) is 40.5. The van der Waals surface area contributed by atoms with E-state index in [0.717, 1.165) is 11.1 Å². The number of benzene rings is 1. The summed E-state index contributed by atoms with van der Waals surface area (Å²) in [5, 5.41) is 15.6. The van der Waals surface area contributed by atoms with Gasteiger partial charge in [0.25, 0.3) is 0 Å². The van der Waals surface area contributed by atoms with Crippen LogP contribution < -0.4 is 14.2 Å². The Morgan fingerprint density at radius 1 is 1.11 bits per heavy atom. The SMILES string of the molecule is CNC(C(=O)N[C@H](C(=O)N(C)[C@H](/C=C(\C)C(=O)O)C(C)C)C(C)(C)C)C(C)(C)c1cccc(CNI)c1. The van der Waals surface area contributed by atoms with Crippen LogP contribution in [0.1, 0.15) is 66.5 Å². The first-order valence-corrected chi connectivity index (χ1v) is 13.7. The van der Waals surface area contributed by atoms with E-state index in [0.29, 0.717) is 6.54 Å². The third-order valence-electron chi connectivity index (χ3n) is 6.85. The Balaban J connectivity index is 3.33. The van der Waals surface area contributed by atoms with Gasteiger partial charge >= 0.3 is 5.97 Å². The number of likely N-dealkylation sites (N-methyl/N-ethyl adjacent to an activating group) is 2. The van der Waals surface area contributed by atoms with Crippen molar-refractivity contribution < 1.29 is 19.5 Å². The number of carboxylic acids is 1. The Hall–Kier alpha value is -1.98. The van der Waals surface area contributed by atoms with Crippen molar-refractivity contribution >= 4 is 40.6 Å². The van der Waals surface area contributed by atoms with Crippen LogP contribution in [0, 0.1) is 11.3 Å². The van der Waals surface area contributed by atoms with Gasteiger partial charge in [0.15, 0.2) is 0 Å². The minimum Gasteiger partial charge on any atom is -0.478 e. The first-order valence-electron chi connectivity index (χ1n) is 12.6. The fourth-order valence-corrected chi connectivity index (χ4v) is 4.89. The number of carboxylic acid groups (broad SMARTS) is 1. The highest BCUT2D eigenvalue weighted by Crippen LogP contribution is 2.30. The largest absolute Gasteiger partial charge is 0.478 e. The summed E-state index contributed by atoms with van der Waals surface area (Å²) in [6.07, 6.45) is 1.60. The summed E-state index contributed by atoms with van der Waals surface area (Å²) in [5.74, 6) is -1.58. The lowest BCUT2D eigenvalue weighted by molar-refractivity contribution is -0.141. The Bertz CT molecular complexity index is 985. The van der Waals surface area contributed by atoms with Crippen LogP contribution in [-0.2, 0) is 26.3 Å². The third kappa shape index (κ3) is 8.78. The maximum Gasteiger partial charge on any atom is 0.331 e. The van der Waals surface area contributed by atoms with Gasteiger partial charge in [0.05, 0.1) is 12.1 Å². The standard InChI is InChI=1S/C28H45IN4O4/c1-17(2)21(14-18(3)26(36)37)33(10)25(35)23(27(4,5)6)32-24(34)22(30-9)28(7,8)20-13-11-12-19(15-20)16-31-29/h11-15,17,21-23,30-31H,16H2,1-10H3,(H,32,34)(H,36,37)/b18-14+/t21-,22?,23-/m1/s1. The van der Waals surface area contributed by atoms with Crippen molar-refractivity contribution in [2.75, 3.05) is 14.1 Å². The molecule has 0 aromatic heterocycles. The molecule has 8 nitrogen and oxygen atoms in total. The fourth-order valence-electron chi connectivity index (χ4n) is 4.45. The van der Waals surface area contributed by atoms with Crippen molar-refractivity contribution in [3.63, 3.8) is 0 Å². The van der Waals surface area contributed by atoms with Gasteiger partial charge in [-0.3, -0.25) is 13.1 Å². The van der Waals surface area contributed by atoms with Crippen LogP contribution in [0.25, 0.3) is 0 Å². The monoisotopic (exact) mass is 628 g/mol. The summed E-state index contributed by atoms with van der Waals surface area (Å²) in [7, 11) is 3.41. The summed E-state index contributed by atoms with van der Waals surface area (Å²) in [5.41, 5.74) is 1.15. The van der Waals surface area contributed by atoms with Crippen LogP contribution in [-0.4, -0.2) is 60.0 Å². The van der Waals surface area contributed by atoms with E-state index in [9.17, 15) is 19.5 Å². The van der Waals surface area contributed by atoms with Gasteiger partial charge in [-0.1, -0.05) is 78.8 Å². The lowest BCUT2D eigenvalue weighted by Gasteiger charge is -2.40. The Kier molecular flexibility index (Phi) is 12.2. The van der Waals surface area contributed by atoms with Crippen LogP contribution in [0.15, 0.2) is 35.9 Å². The summed E-state index contributed by atoms with van der Waals surface area (Å²) < 4.78 is 3.13. The second-order valence-electron chi connectivity index (χ2n) is 11.6. The zero-order valence-corrected chi connectivity index (χ0v) is 26.1. The second-order valence-corrected chi connectivity index (χ2v) is 12.4. The molecule has 0 saturated heterocycles. The molecule has 1 aromatic carbocycles. The predicted molar refractivity (Wildman–Crippen MR) is 157 cm³/mol. The minimum atomic E-state index is -1.02. The number of hydrogen-bond acceptors (Lipinski definition) is 5. The van der Waals surface area contributed by atoms with Crippen LogP contribution in [0.5, 0.6) is 0 Å². The normalized spacial score (nSPS) is 15.2. The highest BCUT2D eigenvalue weighted by molar-refractivity contribution is 14.1. The topological polar surface area (TPSA) is 111 Å².